The summed E-state index contributed by atoms with van der Waals surface area (Å²) in [5.41, 5.74) is 3.42. The lowest BCUT2D eigenvalue weighted by atomic mass is 10.1. The van der Waals surface area contributed by atoms with Gasteiger partial charge in [-0.1, -0.05) is 35.4 Å². The third-order valence-electron chi connectivity index (χ3n) is 3.69. The minimum atomic E-state index is 0.299. The Bertz CT molecular complexity index is 622. The zero-order chi connectivity index (χ0) is 13.3. The van der Waals surface area contributed by atoms with Gasteiger partial charge in [0.1, 0.15) is 18.8 Å². The molecule has 3 nitrogen and oxygen atoms in total. The predicted octanol–water partition coefficient (Wildman–Crippen LogP) is 3.27. The Balaban J connectivity index is 2.03. The van der Waals surface area contributed by atoms with E-state index in [0.29, 0.717) is 10.3 Å². The molecule has 1 heterocycles. The Morgan fingerprint density at radius 1 is 1.11 bits per heavy atom. The smallest absolute Gasteiger partial charge is 0.172 e. The molecule has 0 bridgehead atoms. The van der Waals surface area contributed by atoms with Crippen molar-refractivity contribution >= 4 is 11.9 Å². The van der Waals surface area contributed by atoms with Crippen LogP contribution in [0.25, 0.3) is 0 Å². The monoisotopic (exact) mass is 253 g/mol. The van der Waals surface area contributed by atoms with Crippen LogP contribution >= 0.6 is 0 Å². The molecule has 1 unspecified atom stereocenters. The molecule has 0 aliphatic carbocycles. The summed E-state index contributed by atoms with van der Waals surface area (Å²) in [4.78, 5) is 0. The highest BCUT2D eigenvalue weighted by Crippen LogP contribution is 2.36. The fourth-order valence-electron chi connectivity index (χ4n) is 2.61. The van der Waals surface area contributed by atoms with Crippen LogP contribution in [0.3, 0.4) is 0 Å². The van der Waals surface area contributed by atoms with E-state index in [0.717, 1.165) is 24.3 Å². The highest BCUT2D eigenvalue weighted by atomic mass is 16.3. The maximum atomic E-state index is 9.72. The van der Waals surface area contributed by atoms with Crippen LogP contribution in [0.5, 0.6) is 5.75 Å². The number of fused-ring (bicyclic) bond motifs is 1. The Labute approximate surface area is 113 Å². The van der Waals surface area contributed by atoms with Crippen LogP contribution in [0.15, 0.2) is 53.6 Å². The highest BCUT2D eigenvalue weighted by molar-refractivity contribution is 5.91. The quantitative estimate of drug-likeness (QED) is 0.837. The van der Waals surface area contributed by atoms with E-state index in [2.05, 4.69) is 19.1 Å². The molecule has 1 atom stereocenters. The molecule has 1 N–H and O–H groups in total. The third kappa shape index (κ3) is 2.02. The molecule has 0 saturated heterocycles. The molecule has 96 valence electrons. The first-order valence-electron chi connectivity index (χ1n) is 6.54. The standard InChI is InChI=1S/C16H16N2O/c1-2-18(12-13-6-4-3-5-7-13)16-10-15(19)9-8-14(16)11-17-18/h3-11H,2,12H2,1H3/p+1. The average Bonchev–Trinajstić information content (AvgIpc) is 2.79. The second-order valence-corrected chi connectivity index (χ2v) is 4.87. The number of phenols is 1. The molecule has 1 aliphatic rings. The van der Waals surface area contributed by atoms with Gasteiger partial charge in [0.15, 0.2) is 5.69 Å². The average molecular weight is 253 g/mol. The number of nitrogens with zero attached hydrogens (tertiary/aromatic N) is 2. The van der Waals surface area contributed by atoms with E-state index < -0.39 is 0 Å². The van der Waals surface area contributed by atoms with Crippen LogP contribution in [0.2, 0.25) is 0 Å². The summed E-state index contributed by atoms with van der Waals surface area (Å²) in [6.45, 7) is 3.80. The lowest BCUT2D eigenvalue weighted by Gasteiger charge is -2.28. The molecule has 0 fully saturated rings. The van der Waals surface area contributed by atoms with Crippen molar-refractivity contribution in [1.29, 1.82) is 0 Å². The molecule has 3 rings (SSSR count). The number of hydrogen-bond acceptors (Lipinski definition) is 2. The van der Waals surface area contributed by atoms with Crippen molar-refractivity contribution in [1.82, 2.24) is 4.59 Å². The summed E-state index contributed by atoms with van der Waals surface area (Å²) in [7, 11) is 0. The van der Waals surface area contributed by atoms with Gasteiger partial charge in [-0.15, -0.1) is 0 Å². The van der Waals surface area contributed by atoms with E-state index in [1.54, 1.807) is 6.07 Å². The minimum absolute atomic E-state index is 0.299. The van der Waals surface area contributed by atoms with Crippen molar-refractivity contribution in [3.05, 3.63) is 59.7 Å². The summed E-state index contributed by atoms with van der Waals surface area (Å²) >= 11 is 0. The normalized spacial score (nSPS) is 20.5. The largest absolute Gasteiger partial charge is 0.508 e. The summed E-state index contributed by atoms with van der Waals surface area (Å²) in [5, 5.41) is 14.4. The van der Waals surface area contributed by atoms with Crippen LogP contribution in [-0.4, -0.2) is 17.9 Å². The summed E-state index contributed by atoms with van der Waals surface area (Å²) in [6, 6.07) is 15.8. The Morgan fingerprint density at radius 3 is 2.63 bits per heavy atom. The maximum absolute atomic E-state index is 9.72. The summed E-state index contributed by atoms with van der Waals surface area (Å²) < 4.78 is 0.522. The topological polar surface area (TPSA) is 32.6 Å². The Hall–Kier alpha value is -2.13. The first-order valence-corrected chi connectivity index (χ1v) is 6.54. The van der Waals surface area contributed by atoms with Crippen LogP contribution in [0.1, 0.15) is 18.1 Å². The maximum Gasteiger partial charge on any atom is 0.172 e. The molecule has 0 spiro atoms. The molecule has 0 radical (unpaired) electrons. The van der Waals surface area contributed by atoms with Crippen molar-refractivity contribution in [2.75, 3.05) is 6.54 Å². The second-order valence-electron chi connectivity index (χ2n) is 4.87. The van der Waals surface area contributed by atoms with Gasteiger partial charge in [0, 0.05) is 11.6 Å². The van der Waals surface area contributed by atoms with Crippen molar-refractivity contribution < 1.29 is 5.11 Å². The number of aromatic hydroxyl groups is 1. The minimum Gasteiger partial charge on any atom is -0.508 e. The molecule has 2 aromatic carbocycles. The zero-order valence-electron chi connectivity index (χ0n) is 11.0. The fraction of sp³-hybridized carbons (Fsp3) is 0.188. The van der Waals surface area contributed by atoms with Crippen LogP contribution in [0.4, 0.5) is 5.69 Å². The first-order chi connectivity index (χ1) is 9.23. The molecule has 0 aromatic heterocycles. The Kier molecular flexibility index (Phi) is 2.84. The predicted molar refractivity (Wildman–Crippen MR) is 78.2 cm³/mol. The van der Waals surface area contributed by atoms with Crippen molar-refractivity contribution in [3.63, 3.8) is 0 Å². The van der Waals surface area contributed by atoms with Gasteiger partial charge in [-0.05, 0) is 19.1 Å². The molecular formula is C16H17N2O+. The summed E-state index contributed by atoms with van der Waals surface area (Å²) in [5.74, 6) is 0.299. The number of benzene rings is 2. The van der Waals surface area contributed by atoms with E-state index >= 15 is 0 Å². The number of quaternary nitrogens is 1. The van der Waals surface area contributed by atoms with Gasteiger partial charge in [0.2, 0.25) is 0 Å². The molecule has 0 saturated carbocycles. The van der Waals surface area contributed by atoms with E-state index in [4.69, 9.17) is 5.10 Å². The van der Waals surface area contributed by atoms with E-state index in [1.165, 1.54) is 5.56 Å². The van der Waals surface area contributed by atoms with E-state index in [1.807, 2.05) is 36.5 Å². The van der Waals surface area contributed by atoms with Crippen LogP contribution < -0.4 is 4.59 Å². The number of rotatable bonds is 3. The molecular weight excluding hydrogens is 236 g/mol. The molecule has 2 aromatic rings. The molecule has 1 aliphatic heterocycles. The van der Waals surface area contributed by atoms with Crippen LogP contribution in [-0.2, 0) is 6.54 Å². The second kappa shape index (κ2) is 4.52. The third-order valence-corrected chi connectivity index (χ3v) is 3.69. The van der Waals surface area contributed by atoms with Gasteiger partial charge < -0.3 is 5.11 Å². The first kappa shape index (κ1) is 11.9. The molecule has 3 heteroatoms. The van der Waals surface area contributed by atoms with E-state index in [-0.39, 0.29) is 0 Å². The SMILES string of the molecule is CC[N+]1(Cc2ccccc2)N=Cc2ccc(O)cc21. The van der Waals surface area contributed by atoms with Gasteiger partial charge in [-0.25, -0.2) is 0 Å². The lowest BCUT2D eigenvalue weighted by Crippen LogP contribution is -2.41. The van der Waals surface area contributed by atoms with Crippen molar-refractivity contribution in [2.45, 2.75) is 13.5 Å². The highest BCUT2D eigenvalue weighted by Gasteiger charge is 2.36. The number of hydrogen-bond donors (Lipinski definition) is 1. The fourth-order valence-corrected chi connectivity index (χ4v) is 2.61. The lowest BCUT2D eigenvalue weighted by molar-refractivity contribution is 0.299. The van der Waals surface area contributed by atoms with Gasteiger partial charge >= 0.3 is 0 Å². The molecule has 19 heavy (non-hydrogen) atoms. The van der Waals surface area contributed by atoms with E-state index in [9.17, 15) is 5.11 Å². The summed E-state index contributed by atoms with van der Waals surface area (Å²) in [6.07, 6.45) is 1.90. The van der Waals surface area contributed by atoms with Gasteiger partial charge in [-0.3, -0.25) is 0 Å². The number of phenolic OH excluding ortho intramolecular Hbond substituents is 1. The van der Waals surface area contributed by atoms with Crippen LogP contribution in [0, 0.1) is 0 Å². The zero-order valence-corrected chi connectivity index (χ0v) is 11.0. The van der Waals surface area contributed by atoms with Crippen molar-refractivity contribution in [2.24, 2.45) is 5.10 Å². The van der Waals surface area contributed by atoms with Gasteiger partial charge in [0.05, 0.1) is 11.8 Å². The van der Waals surface area contributed by atoms with Gasteiger partial charge in [0.25, 0.3) is 0 Å². The molecule has 0 amide bonds. The Morgan fingerprint density at radius 2 is 1.89 bits per heavy atom. The van der Waals surface area contributed by atoms with Gasteiger partial charge in [-0.2, -0.15) is 4.59 Å². The van der Waals surface area contributed by atoms with Crippen molar-refractivity contribution in [3.8, 4) is 5.75 Å².